The van der Waals surface area contributed by atoms with E-state index in [1.54, 1.807) is 0 Å². The summed E-state index contributed by atoms with van der Waals surface area (Å²) in [5.41, 5.74) is 1.36. The Morgan fingerprint density at radius 1 is 1.23 bits per heavy atom. The predicted molar refractivity (Wildman–Crippen MR) is 102 cm³/mol. The maximum absolute atomic E-state index is 12.3. The summed E-state index contributed by atoms with van der Waals surface area (Å²) in [7, 11) is 0. The number of carbonyl (C=O) groups excluding carboxylic acids is 1. The molecule has 1 aromatic heterocycles. The highest BCUT2D eigenvalue weighted by Gasteiger charge is 2.17. The lowest BCUT2D eigenvalue weighted by Crippen LogP contribution is -2.29. The van der Waals surface area contributed by atoms with Crippen LogP contribution in [0.15, 0.2) is 30.3 Å². The van der Waals surface area contributed by atoms with E-state index in [0.717, 1.165) is 22.0 Å². The van der Waals surface area contributed by atoms with E-state index in [1.165, 1.54) is 4.80 Å². The van der Waals surface area contributed by atoms with Crippen LogP contribution in [0.1, 0.15) is 32.2 Å². The number of aryl methyl sites for hydroxylation is 1. The van der Waals surface area contributed by atoms with Gasteiger partial charge in [0, 0.05) is 15.8 Å². The molecular weight excluding hydrogens is 352 g/mol. The van der Waals surface area contributed by atoms with Crippen LogP contribution < -0.4 is 10.6 Å². The van der Waals surface area contributed by atoms with Crippen molar-refractivity contribution < 1.29 is 4.79 Å². The maximum Gasteiger partial charge on any atom is 0.319 e. The fourth-order valence-electron chi connectivity index (χ4n) is 2.54. The molecular formula is C18H21ClN6O. The fourth-order valence-corrected chi connectivity index (χ4v) is 2.87. The first-order valence-electron chi connectivity index (χ1n) is 8.28. The molecule has 1 heterocycles. The minimum absolute atomic E-state index is 0.187. The summed E-state index contributed by atoms with van der Waals surface area (Å²) in [6.45, 7) is 8.03. The molecule has 2 aromatic carbocycles. The summed E-state index contributed by atoms with van der Waals surface area (Å²) >= 11 is 6.30. The number of hydrogen-bond donors (Lipinski definition) is 2. The molecule has 0 saturated carbocycles. The van der Waals surface area contributed by atoms with Crippen LogP contribution in [-0.2, 0) is 12.1 Å². The summed E-state index contributed by atoms with van der Waals surface area (Å²) in [6, 6.07) is 9.19. The molecule has 2 amide bonds. The van der Waals surface area contributed by atoms with Gasteiger partial charge >= 0.3 is 6.03 Å². The van der Waals surface area contributed by atoms with E-state index in [1.807, 2.05) is 58.0 Å². The third-order valence-corrected chi connectivity index (χ3v) is 4.20. The number of tetrazole rings is 1. The highest BCUT2D eigenvalue weighted by atomic mass is 35.5. The Labute approximate surface area is 156 Å². The number of nitrogens with zero attached hydrogens (tertiary/aromatic N) is 4. The van der Waals surface area contributed by atoms with Crippen LogP contribution in [0.25, 0.3) is 10.8 Å². The van der Waals surface area contributed by atoms with Gasteiger partial charge in [-0.1, -0.05) is 35.9 Å². The normalized spacial score (nSPS) is 11.6. The number of urea groups is 1. The van der Waals surface area contributed by atoms with Crippen LogP contribution >= 0.6 is 11.6 Å². The zero-order chi connectivity index (χ0) is 18.9. The molecule has 2 N–H and O–H groups in total. The van der Waals surface area contributed by atoms with E-state index in [2.05, 4.69) is 26.0 Å². The van der Waals surface area contributed by atoms with Crippen LogP contribution in [0, 0.1) is 6.92 Å². The van der Waals surface area contributed by atoms with E-state index in [4.69, 9.17) is 11.6 Å². The van der Waals surface area contributed by atoms with Crippen molar-refractivity contribution in [1.29, 1.82) is 0 Å². The van der Waals surface area contributed by atoms with Gasteiger partial charge in [0.1, 0.15) is 0 Å². The molecule has 0 atom stereocenters. The van der Waals surface area contributed by atoms with Gasteiger partial charge in [-0.05, 0) is 44.5 Å². The van der Waals surface area contributed by atoms with Crippen LogP contribution in [0.4, 0.5) is 10.5 Å². The number of fused-ring (bicyclic) bond motifs is 1. The zero-order valence-electron chi connectivity index (χ0n) is 15.2. The third kappa shape index (κ3) is 3.77. The Kier molecular flexibility index (Phi) is 4.82. The standard InChI is InChI=1S/C18H21ClN6O/c1-11-9-14(19)12-7-5-6-8-13(12)16(11)21-17(26)20-10-15-22-24-25(23-15)18(2,3)4/h5-9H,10H2,1-4H3,(H2,20,21,26). The van der Waals surface area contributed by atoms with E-state index in [9.17, 15) is 4.79 Å². The molecule has 3 rings (SSSR count). The second-order valence-electron chi connectivity index (χ2n) is 7.07. The smallest absolute Gasteiger partial charge is 0.319 e. The topological polar surface area (TPSA) is 84.7 Å². The second-order valence-corrected chi connectivity index (χ2v) is 7.48. The number of amides is 2. The van der Waals surface area contributed by atoms with E-state index in [-0.39, 0.29) is 18.1 Å². The summed E-state index contributed by atoms with van der Waals surface area (Å²) in [5.74, 6) is 0.452. The lowest BCUT2D eigenvalue weighted by molar-refractivity contribution is 0.251. The summed E-state index contributed by atoms with van der Waals surface area (Å²) in [6.07, 6.45) is 0. The minimum atomic E-state index is -0.340. The zero-order valence-corrected chi connectivity index (χ0v) is 15.9. The van der Waals surface area contributed by atoms with Crippen LogP contribution in [0.2, 0.25) is 5.02 Å². The number of aromatic nitrogens is 4. The largest absolute Gasteiger partial charge is 0.330 e. The molecule has 0 fully saturated rings. The Morgan fingerprint density at radius 3 is 2.58 bits per heavy atom. The highest BCUT2D eigenvalue weighted by molar-refractivity contribution is 6.36. The molecule has 0 bridgehead atoms. The van der Waals surface area contributed by atoms with Gasteiger partial charge in [0.05, 0.1) is 17.8 Å². The Morgan fingerprint density at radius 2 is 1.92 bits per heavy atom. The number of benzene rings is 2. The second kappa shape index (κ2) is 6.92. The van der Waals surface area contributed by atoms with Crippen molar-refractivity contribution in [3.63, 3.8) is 0 Å². The average Bonchev–Trinajstić information content (AvgIpc) is 3.06. The number of nitrogens with one attached hydrogen (secondary N) is 2. The molecule has 136 valence electrons. The molecule has 26 heavy (non-hydrogen) atoms. The number of carbonyl (C=O) groups is 1. The molecule has 0 radical (unpaired) electrons. The number of halogens is 1. The molecule has 0 aliphatic rings. The highest BCUT2D eigenvalue weighted by Crippen LogP contribution is 2.32. The van der Waals surface area contributed by atoms with Crippen LogP contribution in [0.5, 0.6) is 0 Å². The van der Waals surface area contributed by atoms with Crippen molar-refractivity contribution >= 4 is 34.1 Å². The maximum atomic E-state index is 12.3. The van der Waals surface area contributed by atoms with Crippen molar-refractivity contribution in [3.05, 3.63) is 46.7 Å². The molecule has 7 nitrogen and oxygen atoms in total. The summed E-state index contributed by atoms with van der Waals surface area (Å²) < 4.78 is 0. The number of anilines is 1. The van der Waals surface area contributed by atoms with Gasteiger partial charge in [0.25, 0.3) is 0 Å². The quantitative estimate of drug-likeness (QED) is 0.731. The number of hydrogen-bond acceptors (Lipinski definition) is 4. The fraction of sp³-hybridized carbons (Fsp3) is 0.333. The third-order valence-electron chi connectivity index (χ3n) is 3.89. The molecule has 0 saturated heterocycles. The predicted octanol–water partition coefficient (Wildman–Crippen LogP) is 3.86. The number of rotatable bonds is 3. The van der Waals surface area contributed by atoms with E-state index >= 15 is 0 Å². The first kappa shape index (κ1) is 18.1. The van der Waals surface area contributed by atoms with E-state index in [0.29, 0.717) is 10.8 Å². The molecule has 3 aromatic rings. The average molecular weight is 373 g/mol. The summed E-state index contributed by atoms with van der Waals surface area (Å²) in [5, 5.41) is 20.3. The Balaban J connectivity index is 1.73. The van der Waals surface area contributed by atoms with Gasteiger partial charge < -0.3 is 10.6 Å². The van der Waals surface area contributed by atoms with Gasteiger partial charge in [0.15, 0.2) is 5.82 Å². The van der Waals surface area contributed by atoms with Gasteiger partial charge in [-0.2, -0.15) is 4.80 Å². The van der Waals surface area contributed by atoms with E-state index < -0.39 is 0 Å². The lowest BCUT2D eigenvalue weighted by Gasteiger charge is -2.15. The monoisotopic (exact) mass is 372 g/mol. The SMILES string of the molecule is Cc1cc(Cl)c2ccccc2c1NC(=O)NCc1nnn(C(C)(C)C)n1. The van der Waals surface area contributed by atoms with Crippen molar-refractivity contribution in [3.8, 4) is 0 Å². The van der Waals surface area contributed by atoms with Crippen molar-refractivity contribution in [2.75, 3.05) is 5.32 Å². The summed E-state index contributed by atoms with van der Waals surface area (Å²) in [4.78, 5) is 13.9. The molecule has 0 unspecified atom stereocenters. The Bertz CT molecular complexity index is 960. The molecule has 0 aliphatic carbocycles. The van der Waals surface area contributed by atoms with Gasteiger partial charge in [0.2, 0.25) is 0 Å². The minimum Gasteiger partial charge on any atom is -0.330 e. The van der Waals surface area contributed by atoms with Gasteiger partial charge in [-0.25, -0.2) is 4.79 Å². The van der Waals surface area contributed by atoms with Crippen molar-refractivity contribution in [2.45, 2.75) is 39.8 Å². The molecule has 8 heteroatoms. The van der Waals surface area contributed by atoms with Crippen LogP contribution in [-0.4, -0.2) is 26.2 Å². The molecule has 0 aliphatic heterocycles. The van der Waals surface area contributed by atoms with Crippen molar-refractivity contribution in [2.24, 2.45) is 0 Å². The van der Waals surface area contributed by atoms with Gasteiger partial charge in [-0.3, -0.25) is 0 Å². The molecule has 0 spiro atoms. The van der Waals surface area contributed by atoms with Crippen LogP contribution in [0.3, 0.4) is 0 Å². The van der Waals surface area contributed by atoms with Gasteiger partial charge in [-0.15, -0.1) is 10.2 Å². The lowest BCUT2D eigenvalue weighted by atomic mass is 10.0. The first-order valence-corrected chi connectivity index (χ1v) is 8.65. The Hall–Kier alpha value is -2.67. The first-order chi connectivity index (χ1) is 12.3. The van der Waals surface area contributed by atoms with Crippen molar-refractivity contribution in [1.82, 2.24) is 25.5 Å².